The van der Waals surface area contributed by atoms with Crippen LogP contribution in [0.2, 0.25) is 5.02 Å². The van der Waals surface area contributed by atoms with Crippen LogP contribution in [0.15, 0.2) is 59.6 Å². The first kappa shape index (κ1) is 29.5. The minimum absolute atomic E-state index is 0.00575. The number of anilines is 1. The molecule has 224 valence electrons. The van der Waals surface area contributed by atoms with Crippen molar-refractivity contribution in [2.75, 3.05) is 25.0 Å². The summed E-state index contributed by atoms with van der Waals surface area (Å²) in [6.07, 6.45) is -1.98. The first-order valence-corrected chi connectivity index (χ1v) is 15.6. The van der Waals surface area contributed by atoms with Crippen LogP contribution in [0, 0.1) is 0 Å². The van der Waals surface area contributed by atoms with Gasteiger partial charge in [0.1, 0.15) is 13.7 Å². The van der Waals surface area contributed by atoms with E-state index in [0.717, 1.165) is 16.6 Å². The lowest BCUT2D eigenvalue weighted by atomic mass is 10.00. The Morgan fingerprint density at radius 3 is 2.51 bits per heavy atom. The van der Waals surface area contributed by atoms with Crippen molar-refractivity contribution < 1.29 is 26.4 Å². The molecule has 0 atom stereocenters. The van der Waals surface area contributed by atoms with Gasteiger partial charge in [-0.3, -0.25) is 4.79 Å². The van der Waals surface area contributed by atoms with Crippen LogP contribution >= 0.6 is 11.6 Å². The Labute approximate surface area is 252 Å². The van der Waals surface area contributed by atoms with E-state index in [1.54, 1.807) is 22.8 Å². The summed E-state index contributed by atoms with van der Waals surface area (Å²) < 4.78 is 69.1. The van der Waals surface area contributed by atoms with Crippen molar-refractivity contribution in [3.05, 3.63) is 70.9 Å². The lowest BCUT2D eigenvalue weighted by Gasteiger charge is -2.33. The quantitative estimate of drug-likeness (QED) is 0.341. The fourth-order valence-corrected chi connectivity index (χ4v) is 7.38. The molecule has 0 radical (unpaired) electrons. The number of benzene rings is 2. The highest BCUT2D eigenvalue weighted by Gasteiger charge is 2.43. The number of nitrogens with zero attached hydrogens (tertiary/aromatic N) is 5. The predicted molar refractivity (Wildman–Crippen MR) is 159 cm³/mol. The van der Waals surface area contributed by atoms with Gasteiger partial charge in [-0.15, -0.1) is 0 Å². The topological polar surface area (TPSA) is 99.9 Å². The average molecular weight is 631 g/mol. The van der Waals surface area contributed by atoms with Crippen LogP contribution < -0.4 is 10.8 Å². The van der Waals surface area contributed by atoms with E-state index >= 15 is 0 Å². The van der Waals surface area contributed by atoms with Crippen LogP contribution in [0.4, 0.5) is 19.0 Å². The van der Waals surface area contributed by atoms with Crippen molar-refractivity contribution in [1.82, 2.24) is 23.8 Å². The summed E-state index contributed by atoms with van der Waals surface area (Å²) in [5, 5.41) is 8.55. The number of aromatic nitrogens is 3. The van der Waals surface area contributed by atoms with Crippen molar-refractivity contribution in [1.29, 1.82) is 0 Å². The van der Waals surface area contributed by atoms with Gasteiger partial charge in [0.15, 0.2) is 5.65 Å². The van der Waals surface area contributed by atoms with Gasteiger partial charge in [-0.2, -0.15) is 27.1 Å². The zero-order valence-corrected chi connectivity index (χ0v) is 24.7. The van der Waals surface area contributed by atoms with Crippen LogP contribution in [0.1, 0.15) is 24.0 Å². The second-order valence-electron chi connectivity index (χ2n) is 10.8. The third-order valence-corrected chi connectivity index (χ3v) is 10.2. The van der Waals surface area contributed by atoms with Gasteiger partial charge in [0.05, 0.1) is 10.6 Å². The highest BCUT2D eigenvalue weighted by Crippen LogP contribution is 2.31. The molecule has 2 aliphatic heterocycles. The molecule has 2 aliphatic rings. The maximum absolute atomic E-state index is 13.5. The van der Waals surface area contributed by atoms with Crippen molar-refractivity contribution in [3.63, 3.8) is 0 Å². The molecule has 1 fully saturated rings. The van der Waals surface area contributed by atoms with Crippen LogP contribution in [-0.4, -0.2) is 77.8 Å². The van der Waals surface area contributed by atoms with Crippen LogP contribution in [0.3, 0.4) is 0 Å². The molecule has 4 heterocycles. The first-order valence-electron chi connectivity index (χ1n) is 13.8. The van der Waals surface area contributed by atoms with E-state index in [1.807, 2.05) is 32.1 Å². The van der Waals surface area contributed by atoms with Crippen LogP contribution in [0.25, 0.3) is 16.9 Å². The number of alkyl halides is 3. The van der Waals surface area contributed by atoms with Gasteiger partial charge in [-0.25, -0.2) is 13.4 Å². The second-order valence-corrected chi connectivity index (χ2v) is 13.1. The molecule has 0 unspecified atom stereocenters. The van der Waals surface area contributed by atoms with E-state index in [2.05, 4.69) is 10.4 Å². The molecule has 1 amide bonds. The van der Waals surface area contributed by atoms with E-state index in [1.165, 1.54) is 16.4 Å². The highest BCUT2D eigenvalue weighted by molar-refractivity contribution is 7.89. The molecule has 2 aromatic heterocycles. The number of hydrogen-bond acceptors (Lipinski definition) is 6. The van der Waals surface area contributed by atoms with Gasteiger partial charge in [-0.05, 0) is 54.1 Å². The number of sulfonamides is 1. The zero-order chi connectivity index (χ0) is 30.5. The Morgan fingerprint density at radius 1 is 1.05 bits per heavy atom. The fourth-order valence-electron chi connectivity index (χ4n) is 5.63. The van der Waals surface area contributed by atoms with Crippen molar-refractivity contribution in [3.8, 4) is 11.3 Å². The predicted octanol–water partition coefficient (Wildman–Crippen LogP) is 3.02. The third kappa shape index (κ3) is 5.70. The fraction of sp³-hybridized carbons (Fsp3) is 0.321. The standard InChI is InChI=1S/C28H27BClF3N6O3S/c29-22-15-34-39-25(14-24(36-26(22)39)21-3-1-2-4-23(21)30)35-19-8-11-38(12-9-19)43(41,42)20-6-5-17-7-10-37(16-18(17)13-20)27(40)28(31,32)33/h1-6,13-15,19,35H,7-12,16,29H2. The zero-order valence-electron chi connectivity index (χ0n) is 23.1. The Hall–Kier alpha value is -3.62. The number of piperidine rings is 1. The molecular formula is C28H27BClF3N6O3S. The summed E-state index contributed by atoms with van der Waals surface area (Å²) in [5.41, 5.74) is 4.20. The van der Waals surface area contributed by atoms with Crippen LogP contribution in [0.5, 0.6) is 0 Å². The Kier molecular flexibility index (Phi) is 7.63. The van der Waals surface area contributed by atoms with E-state index in [4.69, 9.17) is 16.6 Å². The number of halogens is 4. The molecule has 1 saturated heterocycles. The number of amides is 1. The second kappa shape index (κ2) is 11.1. The minimum atomic E-state index is -4.98. The van der Waals surface area contributed by atoms with Gasteiger partial charge in [-0.1, -0.05) is 35.9 Å². The van der Waals surface area contributed by atoms with E-state index in [9.17, 15) is 26.4 Å². The molecule has 4 aromatic rings. The summed E-state index contributed by atoms with van der Waals surface area (Å²) in [7, 11) is -1.98. The molecule has 0 saturated carbocycles. The lowest BCUT2D eigenvalue weighted by molar-refractivity contribution is -0.186. The normalized spacial score (nSPS) is 16.8. The average Bonchev–Trinajstić information content (AvgIpc) is 3.36. The number of fused-ring (bicyclic) bond motifs is 2. The number of nitrogens with one attached hydrogen (secondary N) is 1. The monoisotopic (exact) mass is 630 g/mol. The highest BCUT2D eigenvalue weighted by atomic mass is 35.5. The molecule has 0 bridgehead atoms. The third-order valence-electron chi connectivity index (χ3n) is 7.96. The number of carbonyl (C=O) groups excluding carboxylic acids is 1. The van der Waals surface area contributed by atoms with Gasteiger partial charge >= 0.3 is 12.1 Å². The molecule has 2 aromatic carbocycles. The molecule has 15 heteroatoms. The molecule has 0 aliphatic carbocycles. The van der Waals surface area contributed by atoms with Gasteiger partial charge in [0, 0.05) is 55.1 Å². The maximum atomic E-state index is 13.5. The molecule has 1 N–H and O–H groups in total. The smallest absolute Gasteiger partial charge is 0.367 e. The van der Waals surface area contributed by atoms with E-state index < -0.39 is 22.1 Å². The maximum Gasteiger partial charge on any atom is 0.471 e. The molecule has 6 rings (SSSR count). The lowest BCUT2D eigenvalue weighted by Crippen LogP contribution is -2.44. The van der Waals surface area contributed by atoms with Crippen molar-refractivity contribution >= 4 is 52.3 Å². The number of hydrogen-bond donors (Lipinski definition) is 1. The Bertz CT molecular complexity index is 1830. The first-order chi connectivity index (χ1) is 20.4. The van der Waals surface area contributed by atoms with Gasteiger partial charge in [0.2, 0.25) is 10.0 Å². The SMILES string of the molecule is Bc1cnn2c(NC3CCN(S(=O)(=O)c4ccc5c(c4)CN(C(=O)C(F)(F)F)CC5)CC3)cc(-c3ccccc3Cl)nc12. The Morgan fingerprint density at radius 2 is 1.79 bits per heavy atom. The summed E-state index contributed by atoms with van der Waals surface area (Å²) in [6, 6.07) is 13.8. The van der Waals surface area contributed by atoms with Crippen LogP contribution in [-0.2, 0) is 27.8 Å². The Balaban J connectivity index is 1.18. The molecule has 9 nitrogen and oxygen atoms in total. The molecule has 0 spiro atoms. The van der Waals surface area contributed by atoms with Crippen molar-refractivity contribution in [2.45, 2.75) is 42.9 Å². The summed E-state index contributed by atoms with van der Waals surface area (Å²) in [4.78, 5) is 17.2. The van der Waals surface area contributed by atoms with E-state index in [-0.39, 0.29) is 43.5 Å². The van der Waals surface area contributed by atoms with Gasteiger partial charge < -0.3 is 10.2 Å². The largest absolute Gasteiger partial charge is 0.471 e. The summed E-state index contributed by atoms with van der Waals surface area (Å²) >= 11 is 6.45. The number of rotatable bonds is 5. The van der Waals surface area contributed by atoms with Gasteiger partial charge in [0.25, 0.3) is 0 Å². The number of carbonyl (C=O) groups is 1. The summed E-state index contributed by atoms with van der Waals surface area (Å²) in [6.45, 7) is 0.144. The minimum Gasteiger partial charge on any atom is -0.367 e. The van der Waals surface area contributed by atoms with E-state index in [0.29, 0.717) is 45.5 Å². The summed E-state index contributed by atoms with van der Waals surface area (Å²) in [5.74, 6) is -1.21. The molecule has 43 heavy (non-hydrogen) atoms. The molecular weight excluding hydrogens is 604 g/mol. The van der Waals surface area contributed by atoms with Crippen molar-refractivity contribution in [2.24, 2.45) is 0 Å².